The van der Waals surface area contributed by atoms with Gasteiger partial charge in [0, 0.05) is 11.9 Å². The predicted molar refractivity (Wildman–Crippen MR) is 82.5 cm³/mol. The summed E-state index contributed by atoms with van der Waals surface area (Å²) in [4.78, 5) is 24.3. The smallest absolute Gasteiger partial charge is 0.317 e. The Hall–Kier alpha value is -1.93. The second-order valence-corrected chi connectivity index (χ2v) is 6.96. The first-order valence-corrected chi connectivity index (χ1v) is 8.65. The van der Waals surface area contributed by atoms with E-state index in [-0.39, 0.29) is 23.9 Å². The van der Waals surface area contributed by atoms with E-state index in [1.54, 1.807) is 0 Å². The van der Waals surface area contributed by atoms with Crippen LogP contribution >= 0.6 is 0 Å². The van der Waals surface area contributed by atoms with Crippen molar-refractivity contribution in [2.24, 2.45) is 0 Å². The molecule has 122 valence electrons. The van der Waals surface area contributed by atoms with Gasteiger partial charge in [-0.3, -0.25) is 14.5 Å². The van der Waals surface area contributed by atoms with Crippen LogP contribution in [0.2, 0.25) is 0 Å². The molecule has 0 unspecified atom stereocenters. The third-order valence-electron chi connectivity index (χ3n) is 2.83. The van der Waals surface area contributed by atoms with Crippen molar-refractivity contribution in [3.63, 3.8) is 0 Å². The Balaban J connectivity index is 2.65. The molecule has 1 rings (SSSR count). The normalized spacial score (nSPS) is 11.4. The lowest BCUT2D eigenvalue weighted by Crippen LogP contribution is -2.37. The predicted octanol–water partition coefficient (Wildman–Crippen LogP) is 0.825. The van der Waals surface area contributed by atoms with Crippen LogP contribution in [0.15, 0.2) is 29.2 Å². The Labute approximate surface area is 129 Å². The van der Waals surface area contributed by atoms with Gasteiger partial charge in [-0.25, -0.2) is 8.42 Å². The van der Waals surface area contributed by atoms with Gasteiger partial charge in [-0.15, -0.1) is 0 Å². The van der Waals surface area contributed by atoms with Crippen molar-refractivity contribution in [1.82, 2.24) is 4.90 Å². The molecule has 1 aromatic rings. The summed E-state index contributed by atoms with van der Waals surface area (Å²) >= 11 is 0. The molecule has 0 heterocycles. The van der Waals surface area contributed by atoms with E-state index in [9.17, 15) is 18.0 Å². The van der Waals surface area contributed by atoms with Crippen molar-refractivity contribution in [2.75, 3.05) is 31.2 Å². The highest BCUT2D eigenvalue weighted by molar-refractivity contribution is 7.90. The molecule has 0 fully saturated rings. The zero-order chi connectivity index (χ0) is 16.8. The topological polar surface area (TPSA) is 104 Å². The van der Waals surface area contributed by atoms with Crippen molar-refractivity contribution in [3.8, 4) is 0 Å². The average Bonchev–Trinajstić information content (AvgIpc) is 2.37. The molecule has 0 atom stereocenters. The molecule has 0 saturated heterocycles. The van der Waals surface area contributed by atoms with Crippen LogP contribution in [0, 0.1) is 0 Å². The second-order valence-electron chi connectivity index (χ2n) is 4.95. The lowest BCUT2D eigenvalue weighted by atomic mass is 10.3. The number of carbonyl (C=O) groups excluding carboxylic acids is 1. The minimum absolute atomic E-state index is 0.0338. The molecule has 1 aromatic carbocycles. The number of nitrogens with zero attached hydrogens (tertiary/aromatic N) is 1. The maximum atomic E-state index is 11.9. The molecular weight excluding hydrogens is 308 g/mol. The summed E-state index contributed by atoms with van der Waals surface area (Å²) in [5, 5.41) is 11.4. The standard InChI is InChI=1S/C14H20N2O5S/c1-3-8-16(10-14(18)19)9-13(17)15-11-4-6-12(7-5-11)22(2,20)21/h4-7H,3,8-10H2,1-2H3,(H,15,17)(H,18,19). The molecule has 0 radical (unpaired) electrons. The first-order chi connectivity index (χ1) is 10.2. The number of benzene rings is 1. The Bertz CT molecular complexity index is 625. The number of hydrogen-bond acceptors (Lipinski definition) is 5. The van der Waals surface area contributed by atoms with Gasteiger partial charge >= 0.3 is 5.97 Å². The second kappa shape index (κ2) is 7.90. The molecule has 0 bridgehead atoms. The zero-order valence-corrected chi connectivity index (χ0v) is 13.4. The molecule has 0 aliphatic heterocycles. The van der Waals surface area contributed by atoms with Gasteiger partial charge in [-0.1, -0.05) is 6.92 Å². The van der Waals surface area contributed by atoms with Crippen molar-refractivity contribution < 1.29 is 23.1 Å². The minimum Gasteiger partial charge on any atom is -0.480 e. The number of anilines is 1. The van der Waals surface area contributed by atoms with Crippen molar-refractivity contribution in [2.45, 2.75) is 18.2 Å². The quantitative estimate of drug-likeness (QED) is 0.732. The maximum Gasteiger partial charge on any atom is 0.317 e. The number of nitrogens with one attached hydrogen (secondary N) is 1. The molecule has 0 aromatic heterocycles. The summed E-state index contributed by atoms with van der Waals surface area (Å²) in [7, 11) is -3.27. The number of carboxylic acid groups (broad SMARTS) is 1. The number of carbonyl (C=O) groups is 2. The van der Waals surface area contributed by atoms with Crippen LogP contribution in [0.4, 0.5) is 5.69 Å². The fraction of sp³-hybridized carbons (Fsp3) is 0.429. The number of rotatable bonds is 8. The van der Waals surface area contributed by atoms with Crippen LogP contribution in [-0.4, -0.2) is 56.2 Å². The van der Waals surface area contributed by atoms with E-state index in [4.69, 9.17) is 5.11 Å². The lowest BCUT2D eigenvalue weighted by molar-refractivity contribution is -0.138. The van der Waals surface area contributed by atoms with E-state index >= 15 is 0 Å². The summed E-state index contributed by atoms with van der Waals surface area (Å²) in [6, 6.07) is 5.81. The highest BCUT2D eigenvalue weighted by atomic mass is 32.2. The van der Waals surface area contributed by atoms with Gasteiger partial charge in [0.25, 0.3) is 0 Å². The number of aliphatic carboxylic acids is 1. The van der Waals surface area contributed by atoms with Crippen LogP contribution in [0.3, 0.4) is 0 Å². The monoisotopic (exact) mass is 328 g/mol. The average molecular weight is 328 g/mol. The summed E-state index contributed by atoms with van der Waals surface area (Å²) in [5.74, 6) is -1.33. The van der Waals surface area contributed by atoms with Crippen LogP contribution in [-0.2, 0) is 19.4 Å². The molecule has 2 N–H and O–H groups in total. The zero-order valence-electron chi connectivity index (χ0n) is 12.6. The number of carboxylic acids is 1. The Morgan fingerprint density at radius 2 is 1.77 bits per heavy atom. The van der Waals surface area contributed by atoms with Gasteiger partial charge in [-0.2, -0.15) is 0 Å². The van der Waals surface area contributed by atoms with E-state index in [2.05, 4.69) is 5.32 Å². The fourth-order valence-electron chi connectivity index (χ4n) is 1.91. The van der Waals surface area contributed by atoms with Crippen LogP contribution in [0.5, 0.6) is 0 Å². The van der Waals surface area contributed by atoms with E-state index < -0.39 is 15.8 Å². The molecule has 1 amide bonds. The van der Waals surface area contributed by atoms with Gasteiger partial charge in [0.15, 0.2) is 9.84 Å². The third-order valence-corrected chi connectivity index (χ3v) is 3.96. The lowest BCUT2D eigenvalue weighted by Gasteiger charge is -2.18. The van der Waals surface area contributed by atoms with Crippen molar-refractivity contribution in [1.29, 1.82) is 0 Å². The fourth-order valence-corrected chi connectivity index (χ4v) is 2.54. The third kappa shape index (κ3) is 6.23. The summed E-state index contributed by atoms with van der Waals surface area (Å²) < 4.78 is 22.7. The number of amides is 1. The van der Waals surface area contributed by atoms with Gasteiger partial charge in [0.1, 0.15) is 0 Å². The van der Waals surface area contributed by atoms with Crippen LogP contribution < -0.4 is 5.32 Å². The minimum atomic E-state index is -3.27. The molecular formula is C14H20N2O5S. The van der Waals surface area contributed by atoms with Gasteiger partial charge < -0.3 is 10.4 Å². The number of hydrogen-bond donors (Lipinski definition) is 2. The summed E-state index contributed by atoms with van der Waals surface area (Å²) in [6.07, 6.45) is 1.85. The van der Waals surface area contributed by atoms with Gasteiger partial charge in [-0.05, 0) is 37.2 Å². The van der Waals surface area contributed by atoms with Crippen molar-refractivity contribution >= 4 is 27.4 Å². The van der Waals surface area contributed by atoms with Crippen molar-refractivity contribution in [3.05, 3.63) is 24.3 Å². The molecule has 0 saturated carbocycles. The van der Waals surface area contributed by atoms with Gasteiger partial charge in [0.05, 0.1) is 18.0 Å². The SMILES string of the molecule is CCCN(CC(=O)O)CC(=O)Nc1ccc(S(C)(=O)=O)cc1. The molecule has 22 heavy (non-hydrogen) atoms. The van der Waals surface area contributed by atoms with E-state index in [1.165, 1.54) is 29.2 Å². The van der Waals surface area contributed by atoms with Gasteiger partial charge in [0.2, 0.25) is 5.91 Å². The van der Waals surface area contributed by atoms with E-state index in [0.29, 0.717) is 12.2 Å². The van der Waals surface area contributed by atoms with Crippen LogP contribution in [0.1, 0.15) is 13.3 Å². The molecule has 0 spiro atoms. The number of sulfone groups is 1. The summed E-state index contributed by atoms with van der Waals surface area (Å²) in [6.45, 7) is 2.17. The highest BCUT2D eigenvalue weighted by Crippen LogP contribution is 2.13. The molecule has 0 aliphatic rings. The first-order valence-electron chi connectivity index (χ1n) is 6.76. The van der Waals surface area contributed by atoms with Crippen LogP contribution in [0.25, 0.3) is 0 Å². The van der Waals surface area contributed by atoms with E-state index in [1.807, 2.05) is 6.92 Å². The highest BCUT2D eigenvalue weighted by Gasteiger charge is 2.13. The summed E-state index contributed by atoms with van der Waals surface area (Å²) in [5.41, 5.74) is 0.462. The van der Waals surface area contributed by atoms with E-state index in [0.717, 1.165) is 12.7 Å². The first kappa shape index (κ1) is 18.1. The maximum absolute atomic E-state index is 11.9. The molecule has 8 heteroatoms. The Morgan fingerprint density at radius 1 is 1.18 bits per heavy atom. The Morgan fingerprint density at radius 3 is 2.23 bits per heavy atom. The largest absolute Gasteiger partial charge is 0.480 e. The molecule has 7 nitrogen and oxygen atoms in total. The molecule has 0 aliphatic carbocycles. The Kier molecular flexibility index (Phi) is 6.51.